The smallest absolute Gasteiger partial charge is 0.233 e. The number of anilines is 1. The third-order valence-corrected chi connectivity index (χ3v) is 11.7. The van der Waals surface area contributed by atoms with Crippen LogP contribution in [0.5, 0.6) is 5.75 Å². The second-order valence-corrected chi connectivity index (χ2v) is 14.4. The Kier molecular flexibility index (Phi) is 5.94. The highest BCUT2D eigenvalue weighted by molar-refractivity contribution is 6.00. The van der Waals surface area contributed by atoms with Crippen molar-refractivity contribution in [1.82, 2.24) is 9.78 Å². The average Bonchev–Trinajstić information content (AvgIpc) is 3.75. The molecule has 3 unspecified atom stereocenters. The van der Waals surface area contributed by atoms with Crippen LogP contribution in [0.25, 0.3) is 11.1 Å². The van der Waals surface area contributed by atoms with Gasteiger partial charge >= 0.3 is 0 Å². The molecular weight excluding hydrogens is 525 g/mol. The molecule has 1 amide bonds. The summed E-state index contributed by atoms with van der Waals surface area (Å²) in [5, 5.41) is 5.09. The van der Waals surface area contributed by atoms with Gasteiger partial charge in [0.15, 0.2) is 0 Å². The minimum absolute atomic E-state index is 0.139. The molecule has 3 aromatic rings. The van der Waals surface area contributed by atoms with Crippen molar-refractivity contribution in [2.45, 2.75) is 87.6 Å². The number of rotatable bonds is 8. The Bertz CT molecular complexity index is 1500. The van der Waals surface area contributed by atoms with Gasteiger partial charge in [0, 0.05) is 36.3 Å². The monoisotopic (exact) mass is 567 g/mol. The summed E-state index contributed by atoms with van der Waals surface area (Å²) < 4.78 is 22.1. The van der Waals surface area contributed by atoms with Crippen molar-refractivity contribution in [3.05, 3.63) is 66.0 Å². The molecule has 5 nitrogen and oxygen atoms in total. The summed E-state index contributed by atoms with van der Waals surface area (Å²) in [5.41, 5.74) is 4.44. The third-order valence-electron chi connectivity index (χ3n) is 11.7. The van der Waals surface area contributed by atoms with Crippen molar-refractivity contribution in [1.29, 1.82) is 0 Å². The first-order valence-corrected chi connectivity index (χ1v) is 16.1. The van der Waals surface area contributed by atoms with Crippen LogP contribution < -0.4 is 9.64 Å². The number of carbonyl (C=O) groups excluding carboxylic acids is 1. The topological polar surface area (TPSA) is 47.4 Å². The van der Waals surface area contributed by atoms with Gasteiger partial charge in [0.25, 0.3) is 0 Å². The molecular formula is C36H42FN3O2. The number of ether oxygens (including phenoxy) is 1. The van der Waals surface area contributed by atoms with Crippen LogP contribution in [-0.2, 0) is 17.3 Å². The van der Waals surface area contributed by atoms with Crippen LogP contribution in [0.1, 0.15) is 87.9 Å². The van der Waals surface area contributed by atoms with E-state index in [0.29, 0.717) is 37.0 Å². The van der Waals surface area contributed by atoms with Crippen LogP contribution in [0.15, 0.2) is 54.6 Å². The number of amides is 1. The van der Waals surface area contributed by atoms with Crippen molar-refractivity contribution in [2.24, 2.45) is 24.3 Å². The van der Waals surface area contributed by atoms with Crippen LogP contribution in [0.4, 0.5) is 10.1 Å². The highest BCUT2D eigenvalue weighted by Gasteiger charge is 2.73. The van der Waals surface area contributed by atoms with E-state index in [1.807, 2.05) is 12.1 Å². The number of benzene rings is 2. The maximum atomic E-state index is 14.6. The maximum absolute atomic E-state index is 14.6. The first kappa shape index (κ1) is 26.5. The number of hydrogen-bond acceptors (Lipinski definition) is 3. The summed E-state index contributed by atoms with van der Waals surface area (Å²) in [6, 6.07) is 18.9. The van der Waals surface area contributed by atoms with Crippen molar-refractivity contribution in [3.8, 4) is 16.9 Å². The lowest BCUT2D eigenvalue weighted by molar-refractivity contribution is -0.211. The largest absolute Gasteiger partial charge is 0.497 e. The molecule has 2 aromatic carbocycles. The molecule has 220 valence electrons. The minimum Gasteiger partial charge on any atom is -0.497 e. The van der Waals surface area contributed by atoms with E-state index in [-0.39, 0.29) is 11.3 Å². The Morgan fingerprint density at radius 1 is 1.02 bits per heavy atom. The van der Waals surface area contributed by atoms with Gasteiger partial charge in [-0.3, -0.25) is 9.48 Å². The molecule has 0 saturated heterocycles. The molecule has 6 aliphatic rings. The first-order valence-electron chi connectivity index (χ1n) is 16.1. The number of nitrogens with zero attached hydrogens (tertiary/aromatic N) is 3. The summed E-state index contributed by atoms with van der Waals surface area (Å²) in [7, 11) is 3.80. The van der Waals surface area contributed by atoms with E-state index >= 15 is 0 Å². The van der Waals surface area contributed by atoms with Crippen LogP contribution in [0.3, 0.4) is 0 Å². The SMILES string of the molecule is COc1ccc(-c2cccc(N(CC3CCC4(c5cc(C6CC6)n(C)n5)CCCC3C4)C(=O)C34CC(F)(C3)C4)c2)cc1. The van der Waals surface area contributed by atoms with E-state index in [4.69, 9.17) is 9.84 Å². The van der Waals surface area contributed by atoms with Gasteiger partial charge in [0.1, 0.15) is 11.4 Å². The van der Waals surface area contributed by atoms with Crippen molar-refractivity contribution < 1.29 is 13.9 Å². The molecule has 6 saturated carbocycles. The van der Waals surface area contributed by atoms with Gasteiger partial charge in [-0.15, -0.1) is 0 Å². The molecule has 0 N–H and O–H groups in total. The second kappa shape index (κ2) is 9.42. The van der Waals surface area contributed by atoms with Crippen LogP contribution in [0.2, 0.25) is 0 Å². The van der Waals surface area contributed by atoms with Gasteiger partial charge in [-0.25, -0.2) is 4.39 Å². The van der Waals surface area contributed by atoms with Gasteiger partial charge in [-0.05, 0) is 111 Å². The first-order chi connectivity index (χ1) is 20.3. The zero-order chi connectivity index (χ0) is 28.7. The minimum atomic E-state index is -1.10. The molecule has 6 aliphatic carbocycles. The summed E-state index contributed by atoms with van der Waals surface area (Å²) in [6.07, 6.45) is 10.9. The number of aromatic nitrogens is 2. The third kappa shape index (κ3) is 4.23. The molecule has 4 bridgehead atoms. The van der Waals surface area contributed by atoms with E-state index in [9.17, 15) is 9.18 Å². The van der Waals surface area contributed by atoms with Crippen molar-refractivity contribution in [2.75, 3.05) is 18.6 Å². The number of fused-ring (bicyclic) bond motifs is 2. The highest BCUT2D eigenvalue weighted by atomic mass is 19.1. The Hall–Kier alpha value is -3.15. The van der Waals surface area contributed by atoms with Gasteiger partial charge < -0.3 is 9.64 Å². The molecule has 3 atom stereocenters. The van der Waals surface area contributed by atoms with Gasteiger partial charge in [-0.1, -0.05) is 37.1 Å². The lowest BCUT2D eigenvalue weighted by Crippen LogP contribution is -2.70. The van der Waals surface area contributed by atoms with E-state index in [2.05, 4.69) is 59.1 Å². The summed E-state index contributed by atoms with van der Waals surface area (Å²) in [5.74, 6) is 2.70. The Morgan fingerprint density at radius 2 is 1.81 bits per heavy atom. The zero-order valence-electron chi connectivity index (χ0n) is 24.9. The molecule has 0 spiro atoms. The Morgan fingerprint density at radius 3 is 2.52 bits per heavy atom. The molecule has 1 aromatic heterocycles. The van der Waals surface area contributed by atoms with Crippen LogP contribution >= 0.6 is 0 Å². The summed E-state index contributed by atoms with van der Waals surface area (Å²) >= 11 is 0. The van der Waals surface area contributed by atoms with Gasteiger partial charge in [0.05, 0.1) is 18.2 Å². The molecule has 9 rings (SSSR count). The number of alkyl halides is 1. The van der Waals surface area contributed by atoms with E-state index in [1.54, 1.807) is 7.11 Å². The quantitative estimate of drug-likeness (QED) is 0.280. The standard InChI is InChI=1S/C36H42FN3O2/c1-39-31(25-8-9-25)18-32(38-39)34-15-4-6-27(19-34)28(14-16-34)20-40(33(41)35-21-36(37,22-35)23-35)29-7-3-5-26(17-29)24-10-12-30(42-2)13-11-24/h3,5,7,10-13,17-18,25,27-28H,4,6,8-9,14-16,19-23H2,1-2H3. The van der Waals surface area contributed by atoms with Crippen LogP contribution in [-0.4, -0.2) is 35.0 Å². The molecule has 42 heavy (non-hydrogen) atoms. The Labute approximate surface area is 248 Å². The predicted octanol–water partition coefficient (Wildman–Crippen LogP) is 7.74. The highest BCUT2D eigenvalue weighted by Crippen LogP contribution is 2.70. The number of carbonyl (C=O) groups is 1. The summed E-state index contributed by atoms with van der Waals surface area (Å²) in [4.78, 5) is 16.3. The predicted molar refractivity (Wildman–Crippen MR) is 162 cm³/mol. The number of halogens is 1. The van der Waals surface area contributed by atoms with Crippen LogP contribution in [0, 0.1) is 17.3 Å². The number of aryl methyl sites for hydroxylation is 1. The van der Waals surface area contributed by atoms with E-state index in [1.165, 1.54) is 49.9 Å². The lowest BCUT2D eigenvalue weighted by atomic mass is 9.42. The van der Waals surface area contributed by atoms with Crippen molar-refractivity contribution in [3.63, 3.8) is 0 Å². The fourth-order valence-corrected chi connectivity index (χ4v) is 9.19. The van der Waals surface area contributed by atoms with Crippen molar-refractivity contribution >= 4 is 11.6 Å². The lowest BCUT2D eigenvalue weighted by Gasteiger charge is -2.65. The molecule has 6 fully saturated rings. The average molecular weight is 568 g/mol. The van der Waals surface area contributed by atoms with Gasteiger partial charge in [-0.2, -0.15) is 5.10 Å². The Balaban J connectivity index is 1.07. The second-order valence-electron chi connectivity index (χ2n) is 14.4. The molecule has 0 radical (unpaired) electrons. The molecule has 6 heteroatoms. The molecule has 0 aliphatic heterocycles. The fourth-order valence-electron chi connectivity index (χ4n) is 9.19. The number of hydrogen-bond donors (Lipinski definition) is 0. The zero-order valence-corrected chi connectivity index (χ0v) is 24.9. The molecule has 1 heterocycles. The maximum Gasteiger partial charge on any atom is 0.233 e. The van der Waals surface area contributed by atoms with Gasteiger partial charge in [0.2, 0.25) is 5.91 Å². The normalized spacial score (nSPS) is 32.9. The summed E-state index contributed by atoms with van der Waals surface area (Å²) in [6.45, 7) is 0.724. The fraction of sp³-hybridized carbons (Fsp3) is 0.556. The number of methoxy groups -OCH3 is 1. The van der Waals surface area contributed by atoms with E-state index < -0.39 is 11.1 Å². The van der Waals surface area contributed by atoms with E-state index in [0.717, 1.165) is 42.0 Å².